The number of ketones is 5. The van der Waals surface area contributed by atoms with Crippen molar-refractivity contribution in [2.75, 3.05) is 59.5 Å². The molecule has 70 heavy (non-hydrogen) atoms. The van der Waals surface area contributed by atoms with E-state index in [1.807, 2.05) is 14.1 Å². The molecule has 13 atom stereocenters. The number of benzene rings is 2. The minimum Gasteiger partial charge on any atom is -0.507 e. The van der Waals surface area contributed by atoms with Gasteiger partial charge in [0.2, 0.25) is 5.91 Å². The Labute approximate surface area is 409 Å². The maximum absolute atomic E-state index is 14.4. The van der Waals surface area contributed by atoms with Crippen LogP contribution in [0.1, 0.15) is 99.0 Å². The number of carbonyl (C=O) groups excluding carboxylic acids is 6. The molecule has 15 nitrogen and oxygen atoms in total. The molecule has 2 aromatic carbocycles. The zero-order valence-corrected chi connectivity index (χ0v) is 41.1. The molecule has 9 rings (SSSR count). The third kappa shape index (κ3) is 7.55. The van der Waals surface area contributed by atoms with E-state index in [2.05, 4.69) is 58.6 Å². The van der Waals surface area contributed by atoms with Gasteiger partial charge in [0.15, 0.2) is 34.7 Å². The van der Waals surface area contributed by atoms with Crippen LogP contribution in [0.3, 0.4) is 0 Å². The summed E-state index contributed by atoms with van der Waals surface area (Å²) in [6.07, 6.45) is 2.66. The van der Waals surface area contributed by atoms with Crippen LogP contribution in [0, 0.1) is 52.8 Å². The first kappa shape index (κ1) is 49.6. The summed E-state index contributed by atoms with van der Waals surface area (Å²) >= 11 is 0. The number of allylic oxidation sites excluding steroid dienone is 3. The molecule has 6 N–H and O–H groups in total. The van der Waals surface area contributed by atoms with Crippen molar-refractivity contribution in [3.05, 3.63) is 81.4 Å². The molecule has 7 aliphatic carbocycles. The van der Waals surface area contributed by atoms with Gasteiger partial charge >= 0.3 is 0 Å². The fourth-order valence-corrected chi connectivity index (χ4v) is 14.3. The lowest BCUT2D eigenvalue weighted by Gasteiger charge is -2.56. The molecule has 13 unspecified atom stereocenters. The molecule has 372 valence electrons. The average Bonchev–Trinajstić information content (AvgIpc) is 3.58. The van der Waals surface area contributed by atoms with Gasteiger partial charge in [-0.2, -0.15) is 0 Å². The number of aromatic hydroxyl groups is 1. The standard InChI is InChI=1S/C55H66N4O11/c1-8-19-54(68)20-18-38-36-23-30(35-24-32(60)16-17-34(35)41(36)37(25-53(38,54)3)29-12-14-31(15-13-29)58(4)5)26-70-22-21-56-27-57-52(67)44-49(64)46(59(6)7)45-48(63)40-28(2)33-10-9-11-39(61)42(33)47(62)43(40)50(65)55(45,69)51(44)66/h9-15,28,36-38,40,43-46,48,56,61,63,68-69H,16-18,20-27H2,1-7H3,(H,57,67). The molecule has 1 amide bonds. The van der Waals surface area contributed by atoms with E-state index in [4.69, 9.17) is 4.74 Å². The highest BCUT2D eigenvalue weighted by Gasteiger charge is 2.73. The molecule has 5 saturated carbocycles. The van der Waals surface area contributed by atoms with Crippen molar-refractivity contribution < 1.29 is 53.9 Å². The maximum atomic E-state index is 14.4. The van der Waals surface area contributed by atoms with Gasteiger partial charge in [-0.05, 0) is 117 Å². The predicted molar refractivity (Wildman–Crippen MR) is 258 cm³/mol. The Balaban J connectivity index is 0.886. The van der Waals surface area contributed by atoms with E-state index in [9.17, 15) is 49.2 Å². The number of nitrogens with zero attached hydrogens (tertiary/aromatic N) is 2. The van der Waals surface area contributed by atoms with Crippen molar-refractivity contribution in [1.29, 1.82) is 0 Å². The number of aliphatic hydroxyl groups excluding tert-OH is 1. The summed E-state index contributed by atoms with van der Waals surface area (Å²) in [6, 6.07) is 11.7. The van der Waals surface area contributed by atoms with Gasteiger partial charge in [-0.3, -0.25) is 39.0 Å². The number of anilines is 1. The Morgan fingerprint density at radius 2 is 1.70 bits per heavy atom. The smallest absolute Gasteiger partial charge is 0.239 e. The number of ether oxygens (including phenoxy) is 1. The summed E-state index contributed by atoms with van der Waals surface area (Å²) < 4.78 is 6.29. The van der Waals surface area contributed by atoms with Gasteiger partial charge in [-0.1, -0.05) is 49.6 Å². The van der Waals surface area contributed by atoms with Gasteiger partial charge in [0, 0.05) is 56.4 Å². The molecule has 5 fully saturated rings. The average molecular weight is 959 g/mol. The second-order valence-electron chi connectivity index (χ2n) is 21.6. The number of fused-ring (bicyclic) bond motifs is 7. The molecule has 0 saturated heterocycles. The number of rotatable bonds is 11. The van der Waals surface area contributed by atoms with E-state index in [0.717, 1.165) is 29.7 Å². The first-order valence-electron chi connectivity index (χ1n) is 24.7. The first-order chi connectivity index (χ1) is 33.2. The number of likely N-dealkylation sites (N-methyl/N-ethyl adjacent to an activating group) is 1. The number of carbonyl (C=O) groups is 6. The number of phenolic OH excluding ortho intramolecular Hbond substituents is 1. The Morgan fingerprint density at radius 1 is 0.971 bits per heavy atom. The van der Waals surface area contributed by atoms with Crippen molar-refractivity contribution in [2.45, 2.75) is 101 Å². The second kappa shape index (κ2) is 18.4. The van der Waals surface area contributed by atoms with Crippen LogP contribution in [0.15, 0.2) is 64.8 Å². The molecule has 0 aliphatic heterocycles. The molecule has 0 radical (unpaired) electrons. The molecule has 15 heteroatoms. The maximum Gasteiger partial charge on any atom is 0.239 e. The Bertz CT molecular complexity index is 2680. The van der Waals surface area contributed by atoms with Gasteiger partial charge in [-0.25, -0.2) is 0 Å². The molecular weight excluding hydrogens is 893 g/mol. The van der Waals surface area contributed by atoms with Crippen LogP contribution >= 0.6 is 0 Å². The largest absolute Gasteiger partial charge is 0.507 e. The van der Waals surface area contributed by atoms with Crippen LogP contribution in [-0.4, -0.2) is 138 Å². The number of phenols is 1. The second-order valence-corrected chi connectivity index (χ2v) is 21.6. The lowest BCUT2D eigenvalue weighted by molar-refractivity contribution is -0.197. The molecule has 2 aromatic rings. The minimum absolute atomic E-state index is 0.0451. The zero-order chi connectivity index (χ0) is 50.4. The predicted octanol–water partition coefficient (Wildman–Crippen LogP) is 3.38. The lowest BCUT2D eigenvalue weighted by atomic mass is 9.49. The lowest BCUT2D eigenvalue weighted by Crippen LogP contribution is -2.77. The highest BCUT2D eigenvalue weighted by molar-refractivity contribution is 6.32. The van der Waals surface area contributed by atoms with Crippen molar-refractivity contribution in [3.63, 3.8) is 0 Å². The normalized spacial score (nSPS) is 35.6. The fraction of sp³-hybridized carbons (Fsp3) is 0.564. The van der Waals surface area contributed by atoms with Gasteiger partial charge in [0.05, 0.1) is 49.4 Å². The molecule has 7 aliphatic rings. The van der Waals surface area contributed by atoms with E-state index in [-0.39, 0.29) is 61.3 Å². The number of nitrogens with one attached hydrogen (secondary N) is 2. The molecule has 0 spiro atoms. The minimum atomic E-state index is -3.06. The number of aliphatic hydroxyl groups is 3. The highest BCUT2D eigenvalue weighted by Crippen LogP contribution is 2.67. The van der Waals surface area contributed by atoms with Gasteiger partial charge < -0.3 is 35.4 Å². The van der Waals surface area contributed by atoms with E-state index >= 15 is 0 Å². The molecule has 0 bridgehead atoms. The van der Waals surface area contributed by atoms with Crippen LogP contribution in [0.25, 0.3) is 0 Å². The van der Waals surface area contributed by atoms with E-state index in [0.29, 0.717) is 37.7 Å². The number of hydrogen-bond donors (Lipinski definition) is 6. The van der Waals surface area contributed by atoms with E-state index in [1.54, 1.807) is 19.9 Å². The number of amides is 1. The van der Waals surface area contributed by atoms with Gasteiger partial charge in [-0.15, -0.1) is 5.92 Å². The third-order valence-corrected chi connectivity index (χ3v) is 17.7. The Hall–Kier alpha value is -5.34. The van der Waals surface area contributed by atoms with Crippen molar-refractivity contribution in [3.8, 4) is 17.6 Å². The van der Waals surface area contributed by atoms with Gasteiger partial charge in [0.25, 0.3) is 0 Å². The van der Waals surface area contributed by atoms with Crippen LogP contribution < -0.4 is 15.5 Å². The first-order valence-corrected chi connectivity index (χ1v) is 24.7. The molecular formula is C55H66N4O11. The van der Waals surface area contributed by atoms with Crippen molar-refractivity contribution in [1.82, 2.24) is 15.5 Å². The molecule has 0 aromatic heterocycles. The van der Waals surface area contributed by atoms with Crippen LogP contribution in [0.4, 0.5) is 5.69 Å². The van der Waals surface area contributed by atoms with E-state index < -0.39 is 87.4 Å². The summed E-state index contributed by atoms with van der Waals surface area (Å²) in [5.74, 6) is -6.27. The SMILES string of the molecule is CC#CC1(O)CCC2C3CC(COCCNCNC(=O)C4C(=O)C(N(C)C)C5C(O)C6C(C(=O)c7c(O)cccc7C6C)C(=O)C5(O)C4=O)=C4CC(=O)CCC4=C3C(c3ccc(N(C)C)cc3)CC21C. The summed E-state index contributed by atoms with van der Waals surface area (Å²) in [4.78, 5) is 87.2. The van der Waals surface area contributed by atoms with Crippen LogP contribution in [0.5, 0.6) is 5.75 Å². The third-order valence-electron chi connectivity index (χ3n) is 17.7. The highest BCUT2D eigenvalue weighted by atomic mass is 16.5. The van der Waals surface area contributed by atoms with Crippen molar-refractivity contribution >= 4 is 40.5 Å². The van der Waals surface area contributed by atoms with Gasteiger partial charge in [0.1, 0.15) is 17.1 Å². The quantitative estimate of drug-likeness (QED) is 0.0823. The number of hydrogen-bond acceptors (Lipinski definition) is 14. The zero-order valence-electron chi connectivity index (χ0n) is 41.1. The Morgan fingerprint density at radius 3 is 2.39 bits per heavy atom. The summed E-state index contributed by atoms with van der Waals surface area (Å²) in [5, 5.41) is 52.6. The topological polar surface area (TPSA) is 223 Å². The molecule has 0 heterocycles. The van der Waals surface area contributed by atoms with E-state index in [1.165, 1.54) is 47.8 Å². The van der Waals surface area contributed by atoms with Crippen molar-refractivity contribution in [2.24, 2.45) is 40.9 Å². The Kier molecular flexibility index (Phi) is 13.0. The van der Waals surface area contributed by atoms with Crippen LogP contribution in [-0.2, 0) is 28.7 Å². The fourth-order valence-electron chi connectivity index (χ4n) is 14.3. The summed E-state index contributed by atoms with van der Waals surface area (Å²) in [7, 11) is 7.01. The summed E-state index contributed by atoms with van der Waals surface area (Å²) in [6.45, 7) is 6.19. The van der Waals surface area contributed by atoms with Crippen LogP contribution in [0.2, 0.25) is 0 Å². The number of Topliss-reactive ketones (excluding diaryl/α,β-unsaturated/α-hetero) is 5. The summed E-state index contributed by atoms with van der Waals surface area (Å²) in [5.41, 5.74) is 2.69. The monoisotopic (exact) mass is 958 g/mol.